The molecule has 3 heterocycles. The molecule has 0 saturated carbocycles. The fourth-order valence-corrected chi connectivity index (χ4v) is 4.36. The van der Waals surface area contributed by atoms with E-state index in [0.29, 0.717) is 11.4 Å². The number of fused-ring (bicyclic) bond motifs is 8. The lowest BCUT2D eigenvalue weighted by molar-refractivity contribution is -0.121. The number of halogens is 1. The van der Waals surface area contributed by atoms with Crippen LogP contribution < -0.4 is 4.90 Å². The van der Waals surface area contributed by atoms with Crippen molar-refractivity contribution in [2.45, 2.75) is 31.7 Å². The molecule has 24 heavy (non-hydrogen) atoms. The number of carbonyl (C=O) groups excluding carboxylic acids is 1. The standard InChI is InChI=1S/C19H16ClN3O/c1-19-10-4-7-17(24)23(19)15-9-8-12(20)11-16(15)22-14-6-3-2-5-13(14)21-18(19)22/h2-3,5-6,8-9,11H,4,7,10H2,1H3. The second kappa shape index (κ2) is 4.61. The number of para-hydroxylation sites is 2. The van der Waals surface area contributed by atoms with Gasteiger partial charge in [0.25, 0.3) is 0 Å². The largest absolute Gasteiger partial charge is 0.297 e. The third-order valence-corrected chi connectivity index (χ3v) is 5.49. The highest BCUT2D eigenvalue weighted by molar-refractivity contribution is 6.31. The Morgan fingerprint density at radius 3 is 2.88 bits per heavy atom. The number of rotatable bonds is 0. The van der Waals surface area contributed by atoms with E-state index in [1.165, 1.54) is 0 Å². The monoisotopic (exact) mass is 337 g/mol. The highest BCUT2D eigenvalue weighted by Gasteiger charge is 2.48. The first-order valence-electron chi connectivity index (χ1n) is 8.20. The first-order chi connectivity index (χ1) is 11.6. The third kappa shape index (κ3) is 1.64. The molecule has 120 valence electrons. The van der Waals surface area contributed by atoms with Crippen molar-refractivity contribution in [2.24, 2.45) is 0 Å². The average Bonchev–Trinajstić information content (AvgIpc) is 2.96. The second-order valence-electron chi connectivity index (χ2n) is 6.75. The number of benzene rings is 2. The summed E-state index contributed by atoms with van der Waals surface area (Å²) in [6.45, 7) is 2.12. The summed E-state index contributed by atoms with van der Waals surface area (Å²) < 4.78 is 2.17. The molecule has 5 heteroatoms. The Balaban J connectivity index is 1.94. The minimum Gasteiger partial charge on any atom is -0.297 e. The van der Waals surface area contributed by atoms with Crippen molar-refractivity contribution in [3.63, 3.8) is 0 Å². The molecule has 1 atom stereocenters. The second-order valence-corrected chi connectivity index (χ2v) is 7.19. The van der Waals surface area contributed by atoms with Gasteiger partial charge in [0.1, 0.15) is 11.4 Å². The van der Waals surface area contributed by atoms with Crippen LogP contribution in [0.25, 0.3) is 16.7 Å². The van der Waals surface area contributed by atoms with Crippen LogP contribution in [0.15, 0.2) is 42.5 Å². The zero-order valence-electron chi connectivity index (χ0n) is 13.3. The van der Waals surface area contributed by atoms with Crippen LogP contribution in [0.2, 0.25) is 5.02 Å². The zero-order valence-corrected chi connectivity index (χ0v) is 14.0. The minimum atomic E-state index is -0.421. The lowest BCUT2D eigenvalue weighted by atomic mass is 9.84. The maximum atomic E-state index is 12.8. The van der Waals surface area contributed by atoms with E-state index < -0.39 is 5.54 Å². The maximum absolute atomic E-state index is 12.8. The summed E-state index contributed by atoms with van der Waals surface area (Å²) >= 11 is 6.27. The van der Waals surface area contributed by atoms with E-state index in [9.17, 15) is 4.79 Å². The van der Waals surface area contributed by atoms with Gasteiger partial charge in [0.15, 0.2) is 0 Å². The Morgan fingerprint density at radius 1 is 1.17 bits per heavy atom. The molecule has 0 spiro atoms. The molecule has 1 saturated heterocycles. The van der Waals surface area contributed by atoms with Crippen molar-refractivity contribution in [1.29, 1.82) is 0 Å². The molecule has 2 aromatic carbocycles. The van der Waals surface area contributed by atoms with Gasteiger partial charge in [-0.3, -0.25) is 14.3 Å². The number of hydrogen-bond acceptors (Lipinski definition) is 2. The normalized spacial score (nSPS) is 22.2. The third-order valence-electron chi connectivity index (χ3n) is 5.26. The van der Waals surface area contributed by atoms with Gasteiger partial charge in [-0.25, -0.2) is 4.98 Å². The number of imidazole rings is 1. The number of carbonyl (C=O) groups is 1. The number of anilines is 1. The summed E-state index contributed by atoms with van der Waals surface area (Å²) in [7, 11) is 0. The van der Waals surface area contributed by atoms with Crippen LogP contribution in [0.1, 0.15) is 32.0 Å². The number of piperidine rings is 1. The lowest BCUT2D eigenvalue weighted by Gasteiger charge is -2.48. The molecule has 1 amide bonds. The Labute approximate surface area is 144 Å². The van der Waals surface area contributed by atoms with Gasteiger partial charge < -0.3 is 0 Å². The summed E-state index contributed by atoms with van der Waals surface area (Å²) in [5.74, 6) is 1.08. The summed E-state index contributed by atoms with van der Waals surface area (Å²) in [5, 5.41) is 0.658. The maximum Gasteiger partial charge on any atom is 0.227 e. The van der Waals surface area contributed by atoms with E-state index in [1.807, 2.05) is 41.3 Å². The van der Waals surface area contributed by atoms with Crippen molar-refractivity contribution >= 4 is 34.2 Å². The highest BCUT2D eigenvalue weighted by atomic mass is 35.5. The number of aromatic nitrogens is 2. The van der Waals surface area contributed by atoms with Gasteiger partial charge in [0.05, 0.1) is 22.4 Å². The quantitative estimate of drug-likeness (QED) is 0.609. The van der Waals surface area contributed by atoms with Crippen molar-refractivity contribution in [3.05, 3.63) is 53.3 Å². The number of hydrogen-bond donors (Lipinski definition) is 0. The van der Waals surface area contributed by atoms with Crippen molar-refractivity contribution in [1.82, 2.24) is 9.55 Å². The predicted molar refractivity (Wildman–Crippen MR) is 94.8 cm³/mol. The Hall–Kier alpha value is -2.33. The fraction of sp³-hybridized carbons (Fsp3) is 0.263. The molecule has 1 fully saturated rings. The highest BCUT2D eigenvalue weighted by Crippen LogP contribution is 2.49. The van der Waals surface area contributed by atoms with Crippen LogP contribution in [0.3, 0.4) is 0 Å². The lowest BCUT2D eigenvalue weighted by Crippen LogP contribution is -2.54. The molecule has 1 unspecified atom stereocenters. The first kappa shape index (κ1) is 14.1. The molecule has 0 radical (unpaired) electrons. The predicted octanol–water partition coefficient (Wildman–Crippen LogP) is 4.42. The van der Waals surface area contributed by atoms with Crippen molar-refractivity contribution in [2.75, 3.05) is 4.90 Å². The van der Waals surface area contributed by atoms with Gasteiger partial charge >= 0.3 is 0 Å². The van der Waals surface area contributed by atoms with E-state index in [4.69, 9.17) is 16.6 Å². The summed E-state index contributed by atoms with van der Waals surface area (Å²) in [6.07, 6.45) is 2.37. The van der Waals surface area contributed by atoms with Crippen LogP contribution in [0.4, 0.5) is 5.69 Å². The SMILES string of the molecule is CC12CCCC(=O)N1c1ccc(Cl)cc1-n1c2nc2ccccc21. The molecule has 3 aromatic rings. The summed E-state index contributed by atoms with van der Waals surface area (Å²) in [5.41, 5.74) is 3.42. The molecule has 2 aliphatic heterocycles. The number of nitrogens with zero attached hydrogens (tertiary/aromatic N) is 3. The molecule has 0 aliphatic carbocycles. The van der Waals surface area contributed by atoms with Gasteiger partial charge in [-0.2, -0.15) is 0 Å². The van der Waals surface area contributed by atoms with E-state index in [1.54, 1.807) is 0 Å². The number of amides is 1. The Kier molecular flexibility index (Phi) is 2.70. The zero-order chi connectivity index (χ0) is 16.5. The Morgan fingerprint density at radius 2 is 2.00 bits per heavy atom. The average molecular weight is 338 g/mol. The van der Waals surface area contributed by atoms with Crippen LogP contribution in [-0.4, -0.2) is 15.5 Å². The van der Waals surface area contributed by atoms with Gasteiger partial charge in [-0.15, -0.1) is 0 Å². The van der Waals surface area contributed by atoms with Gasteiger partial charge in [0, 0.05) is 11.4 Å². The Bertz CT molecular complexity index is 1010. The summed E-state index contributed by atoms with van der Waals surface area (Å²) in [4.78, 5) is 19.6. The minimum absolute atomic E-state index is 0.158. The molecule has 5 rings (SSSR count). The molecule has 4 nitrogen and oxygen atoms in total. The van der Waals surface area contributed by atoms with E-state index in [0.717, 1.165) is 41.1 Å². The van der Waals surface area contributed by atoms with E-state index >= 15 is 0 Å². The fourth-order valence-electron chi connectivity index (χ4n) is 4.19. The van der Waals surface area contributed by atoms with Gasteiger partial charge in [-0.05, 0) is 50.1 Å². The van der Waals surface area contributed by atoms with Crippen molar-refractivity contribution < 1.29 is 4.79 Å². The topological polar surface area (TPSA) is 38.1 Å². The van der Waals surface area contributed by atoms with Gasteiger partial charge in [0.2, 0.25) is 5.91 Å². The molecule has 1 aromatic heterocycles. The van der Waals surface area contributed by atoms with Crippen LogP contribution in [-0.2, 0) is 10.3 Å². The molecule has 0 N–H and O–H groups in total. The van der Waals surface area contributed by atoms with Crippen LogP contribution in [0.5, 0.6) is 0 Å². The van der Waals surface area contributed by atoms with Crippen LogP contribution in [0, 0.1) is 0 Å². The first-order valence-corrected chi connectivity index (χ1v) is 8.58. The molecule has 2 aliphatic rings. The summed E-state index contributed by atoms with van der Waals surface area (Å²) in [6, 6.07) is 13.8. The van der Waals surface area contributed by atoms with E-state index in [-0.39, 0.29) is 5.91 Å². The van der Waals surface area contributed by atoms with Crippen molar-refractivity contribution in [3.8, 4) is 5.69 Å². The van der Waals surface area contributed by atoms with Gasteiger partial charge in [-0.1, -0.05) is 23.7 Å². The molecular formula is C19H16ClN3O. The molecular weight excluding hydrogens is 322 g/mol. The smallest absolute Gasteiger partial charge is 0.227 e. The molecule has 0 bridgehead atoms. The van der Waals surface area contributed by atoms with E-state index in [2.05, 4.69) is 17.6 Å². The van der Waals surface area contributed by atoms with Crippen LogP contribution >= 0.6 is 11.6 Å².